The number of hydrogen-bond acceptors (Lipinski definition) is 4. The van der Waals surface area contributed by atoms with E-state index in [-0.39, 0.29) is 0 Å². The smallest absolute Gasteiger partial charge is 0.215 e. The number of fused-ring (bicyclic) bond motifs is 1. The van der Waals surface area contributed by atoms with E-state index in [4.69, 9.17) is 21.1 Å². The molecule has 3 rings (SSSR count). The van der Waals surface area contributed by atoms with E-state index in [1.807, 2.05) is 12.1 Å². The van der Waals surface area contributed by atoms with E-state index in [1.165, 1.54) is 12.8 Å². The Morgan fingerprint density at radius 1 is 1.29 bits per heavy atom. The fourth-order valence-corrected chi connectivity index (χ4v) is 2.94. The van der Waals surface area contributed by atoms with Gasteiger partial charge in [-0.25, -0.2) is 4.98 Å². The summed E-state index contributed by atoms with van der Waals surface area (Å²) in [5.41, 5.74) is 2.04. The fraction of sp³-hybridized carbons (Fsp3) is 0.600. The van der Waals surface area contributed by atoms with Gasteiger partial charge in [-0.3, -0.25) is 0 Å². The van der Waals surface area contributed by atoms with Gasteiger partial charge < -0.3 is 14.0 Å². The molecule has 0 atom stereocenters. The Hall–Kier alpha value is -1.33. The molecular weight excluding hydrogens is 290 g/mol. The van der Waals surface area contributed by atoms with Crippen LogP contribution in [0, 0.1) is 5.41 Å². The van der Waals surface area contributed by atoms with Gasteiger partial charge in [-0.15, -0.1) is 11.6 Å². The third kappa shape index (κ3) is 2.85. The molecule has 114 valence electrons. The second kappa shape index (κ2) is 5.81. The molecule has 0 radical (unpaired) electrons. The molecule has 0 N–H and O–H groups in total. The molecule has 0 aromatic carbocycles. The molecule has 21 heavy (non-hydrogen) atoms. The van der Waals surface area contributed by atoms with Gasteiger partial charge in [0, 0.05) is 26.3 Å². The van der Waals surface area contributed by atoms with Crippen LogP contribution in [-0.4, -0.2) is 35.4 Å². The van der Waals surface area contributed by atoms with Crippen molar-refractivity contribution >= 4 is 22.8 Å². The van der Waals surface area contributed by atoms with Crippen molar-refractivity contribution in [3.8, 4) is 5.88 Å². The lowest BCUT2D eigenvalue weighted by atomic mass is 10.0. The van der Waals surface area contributed by atoms with Gasteiger partial charge in [0.25, 0.3) is 0 Å². The number of ether oxygens (including phenoxy) is 2. The molecule has 1 aliphatic rings. The Balaban J connectivity index is 1.95. The number of nitrogens with zero attached hydrogens (tertiary/aromatic N) is 3. The van der Waals surface area contributed by atoms with Gasteiger partial charge in [0.1, 0.15) is 11.3 Å². The summed E-state index contributed by atoms with van der Waals surface area (Å²) in [6.07, 6.45) is 3.51. The lowest BCUT2D eigenvalue weighted by Crippen LogP contribution is -2.16. The zero-order valence-electron chi connectivity index (χ0n) is 12.4. The van der Waals surface area contributed by atoms with Crippen LogP contribution in [0.3, 0.4) is 0 Å². The molecule has 6 heteroatoms. The first kappa shape index (κ1) is 14.6. The number of hydrogen-bond donors (Lipinski definition) is 0. The third-order valence-corrected chi connectivity index (χ3v) is 4.50. The number of pyridine rings is 1. The lowest BCUT2D eigenvalue weighted by Gasteiger charge is -2.17. The molecule has 2 heterocycles. The van der Waals surface area contributed by atoms with Crippen LogP contribution in [0.4, 0.5) is 0 Å². The number of methoxy groups -OCH3 is 2. The number of halogens is 1. The fourth-order valence-electron chi connectivity index (χ4n) is 2.73. The summed E-state index contributed by atoms with van der Waals surface area (Å²) in [6.45, 7) is 1.69. The summed E-state index contributed by atoms with van der Waals surface area (Å²) < 4.78 is 12.6. The molecule has 0 spiro atoms. The SMILES string of the molecule is COCCC1(Cn2c(CCl)nc3ccc(OC)nc32)CC1. The largest absolute Gasteiger partial charge is 0.481 e. The number of imidazole rings is 1. The zero-order valence-corrected chi connectivity index (χ0v) is 13.2. The van der Waals surface area contributed by atoms with Gasteiger partial charge in [0.2, 0.25) is 5.88 Å². The molecule has 1 saturated carbocycles. The van der Waals surface area contributed by atoms with Gasteiger partial charge in [-0.05, 0) is 30.7 Å². The minimum atomic E-state index is 0.315. The highest BCUT2D eigenvalue weighted by molar-refractivity contribution is 6.16. The molecular formula is C15H20ClN3O2. The van der Waals surface area contributed by atoms with Crippen LogP contribution < -0.4 is 4.74 Å². The summed E-state index contributed by atoms with van der Waals surface area (Å²) in [4.78, 5) is 9.12. The Bertz CT molecular complexity index is 637. The Morgan fingerprint density at radius 3 is 2.71 bits per heavy atom. The average molecular weight is 310 g/mol. The summed E-state index contributed by atoms with van der Waals surface area (Å²) in [5.74, 6) is 1.86. The predicted molar refractivity (Wildman–Crippen MR) is 81.8 cm³/mol. The summed E-state index contributed by atoms with van der Waals surface area (Å²) in [6, 6.07) is 3.76. The number of rotatable bonds is 7. The Kier molecular flexibility index (Phi) is 4.04. The topological polar surface area (TPSA) is 49.2 Å². The van der Waals surface area contributed by atoms with E-state index in [9.17, 15) is 0 Å². The Morgan fingerprint density at radius 2 is 2.10 bits per heavy atom. The maximum atomic E-state index is 6.06. The minimum absolute atomic E-state index is 0.315. The van der Waals surface area contributed by atoms with Gasteiger partial charge in [0.15, 0.2) is 5.65 Å². The molecule has 0 bridgehead atoms. The first-order chi connectivity index (χ1) is 10.2. The quantitative estimate of drug-likeness (QED) is 0.738. The van der Waals surface area contributed by atoms with E-state index in [0.717, 1.165) is 36.6 Å². The summed E-state index contributed by atoms with van der Waals surface area (Å²) in [5, 5.41) is 0. The molecule has 0 unspecified atom stereocenters. The van der Waals surface area contributed by atoms with E-state index in [1.54, 1.807) is 14.2 Å². The third-order valence-electron chi connectivity index (χ3n) is 4.26. The van der Waals surface area contributed by atoms with Crippen molar-refractivity contribution in [2.45, 2.75) is 31.7 Å². The summed E-state index contributed by atoms with van der Waals surface area (Å²) >= 11 is 6.06. The first-order valence-electron chi connectivity index (χ1n) is 7.16. The summed E-state index contributed by atoms with van der Waals surface area (Å²) in [7, 11) is 3.37. The van der Waals surface area contributed by atoms with Crippen molar-refractivity contribution in [1.29, 1.82) is 0 Å². The molecule has 2 aromatic heterocycles. The average Bonchev–Trinajstić information content (AvgIpc) is 3.20. The van der Waals surface area contributed by atoms with Crippen molar-refractivity contribution in [3.05, 3.63) is 18.0 Å². The van der Waals surface area contributed by atoms with Crippen LogP contribution in [0.25, 0.3) is 11.2 Å². The molecule has 5 nitrogen and oxygen atoms in total. The number of aromatic nitrogens is 3. The van der Waals surface area contributed by atoms with Crippen LogP contribution in [-0.2, 0) is 17.2 Å². The Labute approximate surface area is 129 Å². The van der Waals surface area contributed by atoms with Gasteiger partial charge in [-0.1, -0.05) is 0 Å². The van der Waals surface area contributed by atoms with Crippen molar-refractivity contribution in [2.75, 3.05) is 20.8 Å². The van der Waals surface area contributed by atoms with E-state index in [2.05, 4.69) is 14.5 Å². The van der Waals surface area contributed by atoms with Crippen molar-refractivity contribution < 1.29 is 9.47 Å². The van der Waals surface area contributed by atoms with E-state index in [0.29, 0.717) is 17.2 Å². The highest BCUT2D eigenvalue weighted by Crippen LogP contribution is 2.50. The molecule has 0 saturated heterocycles. The molecule has 0 aliphatic heterocycles. The van der Waals surface area contributed by atoms with Crippen LogP contribution >= 0.6 is 11.6 Å². The van der Waals surface area contributed by atoms with Gasteiger partial charge in [0.05, 0.1) is 13.0 Å². The normalized spacial score (nSPS) is 16.3. The van der Waals surface area contributed by atoms with E-state index < -0.39 is 0 Å². The maximum Gasteiger partial charge on any atom is 0.215 e. The second-order valence-electron chi connectivity index (χ2n) is 5.69. The monoisotopic (exact) mass is 309 g/mol. The van der Waals surface area contributed by atoms with Crippen molar-refractivity contribution in [1.82, 2.24) is 14.5 Å². The van der Waals surface area contributed by atoms with Crippen molar-refractivity contribution in [2.24, 2.45) is 5.41 Å². The van der Waals surface area contributed by atoms with Crippen LogP contribution in [0.1, 0.15) is 25.1 Å². The minimum Gasteiger partial charge on any atom is -0.481 e. The van der Waals surface area contributed by atoms with E-state index >= 15 is 0 Å². The molecule has 0 amide bonds. The van der Waals surface area contributed by atoms with Crippen LogP contribution in [0.5, 0.6) is 5.88 Å². The second-order valence-corrected chi connectivity index (χ2v) is 5.95. The van der Waals surface area contributed by atoms with Crippen molar-refractivity contribution in [3.63, 3.8) is 0 Å². The molecule has 1 aliphatic carbocycles. The molecule has 1 fully saturated rings. The standard InChI is InChI=1S/C15H20ClN3O2/c1-20-8-7-15(5-6-15)10-19-12(9-16)17-11-3-4-13(21-2)18-14(11)19/h3-4H,5-10H2,1-2H3. The number of alkyl halides is 1. The maximum absolute atomic E-state index is 6.06. The highest BCUT2D eigenvalue weighted by atomic mass is 35.5. The first-order valence-corrected chi connectivity index (χ1v) is 7.70. The molecule has 2 aromatic rings. The lowest BCUT2D eigenvalue weighted by molar-refractivity contribution is 0.167. The van der Waals surface area contributed by atoms with Crippen LogP contribution in [0.2, 0.25) is 0 Å². The zero-order chi connectivity index (χ0) is 14.9. The highest BCUT2D eigenvalue weighted by Gasteiger charge is 2.43. The van der Waals surface area contributed by atoms with Gasteiger partial charge in [-0.2, -0.15) is 4.98 Å². The predicted octanol–water partition coefficient (Wildman–Crippen LogP) is 3.00. The van der Waals surface area contributed by atoms with Crippen LogP contribution in [0.15, 0.2) is 12.1 Å². The van der Waals surface area contributed by atoms with Gasteiger partial charge >= 0.3 is 0 Å².